The highest BCUT2D eigenvalue weighted by molar-refractivity contribution is 6.30. The van der Waals surface area contributed by atoms with Crippen molar-refractivity contribution in [2.45, 2.75) is 39.7 Å². The maximum atomic E-state index is 13.4. The van der Waals surface area contributed by atoms with Crippen LogP contribution in [0.25, 0.3) is 11.4 Å². The van der Waals surface area contributed by atoms with E-state index < -0.39 is 0 Å². The molecule has 1 N–H and O–H groups in total. The summed E-state index contributed by atoms with van der Waals surface area (Å²) in [4.78, 5) is 18.0. The largest absolute Gasteiger partial charge is 0.350 e. The number of nitrogens with one attached hydrogen (secondary N) is 1. The maximum absolute atomic E-state index is 13.4. The molecule has 0 aliphatic rings. The first-order chi connectivity index (χ1) is 15.7. The highest BCUT2D eigenvalue weighted by Crippen LogP contribution is 2.24. The summed E-state index contributed by atoms with van der Waals surface area (Å²) < 4.78 is 1.34. The fraction of sp³-hybridized carbons (Fsp3) is 0.222. The third-order valence-electron chi connectivity index (χ3n) is 5.47. The van der Waals surface area contributed by atoms with E-state index in [1.165, 1.54) is 10.2 Å². The Bertz CT molecular complexity index is 1250. The van der Waals surface area contributed by atoms with Crippen molar-refractivity contribution >= 4 is 23.5 Å². The summed E-state index contributed by atoms with van der Waals surface area (Å²) in [5.74, 6) is 0.651. The molecule has 0 aliphatic heterocycles. The van der Waals surface area contributed by atoms with E-state index in [4.69, 9.17) is 11.6 Å². The summed E-state index contributed by atoms with van der Waals surface area (Å²) in [5.41, 5.74) is 4.75. The number of carbonyl (C=O) groups excluding carboxylic acids is 1. The van der Waals surface area contributed by atoms with Crippen LogP contribution in [0.2, 0.25) is 5.02 Å². The summed E-state index contributed by atoms with van der Waals surface area (Å²) in [6.07, 6.45) is 0. The minimum absolute atomic E-state index is 0.0126. The summed E-state index contributed by atoms with van der Waals surface area (Å²) in [6.45, 7) is 8.95. The molecule has 1 aromatic heterocycles. The minimum atomic E-state index is -0.236. The Morgan fingerprint density at radius 2 is 1.58 bits per heavy atom. The van der Waals surface area contributed by atoms with Crippen molar-refractivity contribution in [1.29, 1.82) is 0 Å². The first-order valence-corrected chi connectivity index (χ1v) is 11.3. The molecule has 0 saturated heterocycles. The Labute approximate surface area is 199 Å². The van der Waals surface area contributed by atoms with Gasteiger partial charge in [-0.15, -0.1) is 5.10 Å². The Kier molecular flexibility index (Phi) is 6.34. The molecule has 1 heterocycles. The van der Waals surface area contributed by atoms with Crippen LogP contribution in [-0.4, -0.2) is 20.7 Å². The van der Waals surface area contributed by atoms with Gasteiger partial charge in [0.1, 0.15) is 0 Å². The molecule has 0 spiro atoms. The number of rotatable bonds is 5. The lowest BCUT2D eigenvalue weighted by Gasteiger charge is -2.19. The van der Waals surface area contributed by atoms with Crippen molar-refractivity contribution in [3.05, 3.63) is 100 Å². The molecule has 3 aromatic carbocycles. The number of benzene rings is 3. The van der Waals surface area contributed by atoms with Crippen LogP contribution < -0.4 is 5.32 Å². The first kappa shape index (κ1) is 22.7. The summed E-state index contributed by atoms with van der Waals surface area (Å²) in [6, 6.07) is 23.1. The van der Waals surface area contributed by atoms with Gasteiger partial charge in [0.25, 0.3) is 5.91 Å². The van der Waals surface area contributed by atoms with Crippen molar-refractivity contribution in [3.63, 3.8) is 0 Å². The zero-order chi connectivity index (χ0) is 23.6. The van der Waals surface area contributed by atoms with Gasteiger partial charge in [-0.2, -0.15) is 9.67 Å². The predicted octanol–water partition coefficient (Wildman–Crippen LogP) is 6.51. The molecule has 4 aromatic rings. The molecule has 6 heteroatoms. The Balaban J connectivity index is 1.67. The summed E-state index contributed by atoms with van der Waals surface area (Å²) >= 11 is 5.99. The Morgan fingerprint density at radius 3 is 2.18 bits per heavy atom. The quantitative estimate of drug-likeness (QED) is 0.370. The van der Waals surface area contributed by atoms with Crippen molar-refractivity contribution in [2.24, 2.45) is 0 Å². The third-order valence-corrected chi connectivity index (χ3v) is 5.72. The smallest absolute Gasteiger partial charge is 0.281 e. The zero-order valence-corrected chi connectivity index (χ0v) is 20.0. The monoisotopic (exact) mass is 458 g/mol. The topological polar surface area (TPSA) is 59.8 Å². The van der Waals surface area contributed by atoms with E-state index in [2.05, 4.69) is 36.2 Å². The molecule has 5 nitrogen and oxygen atoms in total. The number of aryl methyl sites for hydroxylation is 1. The zero-order valence-electron chi connectivity index (χ0n) is 19.3. The number of halogens is 1. The fourth-order valence-corrected chi connectivity index (χ4v) is 3.54. The second kappa shape index (κ2) is 9.20. The van der Waals surface area contributed by atoms with Crippen LogP contribution >= 0.6 is 11.6 Å². The average Bonchev–Trinajstić information content (AvgIpc) is 3.22. The molecular weight excluding hydrogens is 432 g/mol. The second-order valence-electron chi connectivity index (χ2n) is 9.15. The number of aromatic nitrogens is 3. The van der Waals surface area contributed by atoms with E-state index in [0.29, 0.717) is 28.9 Å². The fourth-order valence-electron chi connectivity index (χ4n) is 3.41. The first-order valence-electron chi connectivity index (χ1n) is 10.9. The molecule has 4 rings (SSSR count). The van der Waals surface area contributed by atoms with Crippen LogP contribution in [0.3, 0.4) is 0 Å². The molecule has 0 atom stereocenters. The van der Waals surface area contributed by atoms with E-state index >= 15 is 0 Å². The van der Waals surface area contributed by atoms with E-state index in [-0.39, 0.29) is 11.3 Å². The van der Waals surface area contributed by atoms with Crippen LogP contribution in [0.15, 0.2) is 72.8 Å². The normalized spacial score (nSPS) is 11.4. The molecule has 0 fully saturated rings. The van der Waals surface area contributed by atoms with Crippen LogP contribution in [-0.2, 0) is 12.0 Å². The van der Waals surface area contributed by atoms with Crippen LogP contribution in [0.4, 0.5) is 5.95 Å². The van der Waals surface area contributed by atoms with Crippen molar-refractivity contribution in [2.75, 3.05) is 5.32 Å². The molecule has 33 heavy (non-hydrogen) atoms. The van der Waals surface area contributed by atoms with Crippen molar-refractivity contribution in [3.8, 4) is 11.4 Å². The van der Waals surface area contributed by atoms with Crippen LogP contribution in [0, 0.1) is 6.92 Å². The molecule has 0 aliphatic carbocycles. The lowest BCUT2D eigenvalue weighted by Crippen LogP contribution is -2.18. The predicted molar refractivity (Wildman–Crippen MR) is 134 cm³/mol. The Hall–Kier alpha value is -3.44. The molecule has 0 amide bonds. The summed E-state index contributed by atoms with van der Waals surface area (Å²) in [7, 11) is 0. The van der Waals surface area contributed by atoms with Gasteiger partial charge in [-0.05, 0) is 47.7 Å². The standard InChI is InChI=1S/C27H27ClN4O/c1-18-5-9-20(10-6-18)24-30-26(29-17-19-7-15-23(28)16-8-19)32(31-24)25(33)21-11-13-22(14-12-21)27(2,3)4/h5-16H,17H2,1-4H3,(H,29,30,31). The van der Waals surface area contributed by atoms with Gasteiger partial charge in [0, 0.05) is 22.7 Å². The summed E-state index contributed by atoms with van der Waals surface area (Å²) in [5, 5.41) is 8.50. The lowest BCUT2D eigenvalue weighted by atomic mass is 9.87. The molecule has 0 saturated carbocycles. The van der Waals surface area contributed by atoms with E-state index in [1.807, 2.05) is 79.7 Å². The second-order valence-corrected chi connectivity index (χ2v) is 9.59. The van der Waals surface area contributed by atoms with Gasteiger partial charge < -0.3 is 5.32 Å². The van der Waals surface area contributed by atoms with Gasteiger partial charge in [-0.3, -0.25) is 4.79 Å². The molecule has 168 valence electrons. The van der Waals surface area contributed by atoms with Gasteiger partial charge >= 0.3 is 0 Å². The van der Waals surface area contributed by atoms with Crippen molar-refractivity contribution < 1.29 is 4.79 Å². The number of hydrogen-bond acceptors (Lipinski definition) is 4. The van der Waals surface area contributed by atoms with Gasteiger partial charge in [0.05, 0.1) is 0 Å². The number of nitrogens with zero attached hydrogens (tertiary/aromatic N) is 3. The molecule has 0 radical (unpaired) electrons. The van der Waals surface area contributed by atoms with Crippen LogP contribution in [0.5, 0.6) is 0 Å². The van der Waals surface area contributed by atoms with Crippen molar-refractivity contribution in [1.82, 2.24) is 14.8 Å². The van der Waals surface area contributed by atoms with E-state index in [1.54, 1.807) is 0 Å². The third kappa shape index (κ3) is 5.32. The molecule has 0 bridgehead atoms. The average molecular weight is 459 g/mol. The SMILES string of the molecule is Cc1ccc(-c2nc(NCc3ccc(Cl)cc3)n(C(=O)c3ccc(C(C)(C)C)cc3)n2)cc1. The lowest BCUT2D eigenvalue weighted by molar-refractivity contribution is 0.0947. The molecule has 0 unspecified atom stereocenters. The van der Waals surface area contributed by atoms with Crippen LogP contribution in [0.1, 0.15) is 47.8 Å². The number of anilines is 1. The van der Waals surface area contributed by atoms with Gasteiger partial charge in [0.15, 0.2) is 5.82 Å². The van der Waals surface area contributed by atoms with Gasteiger partial charge in [0.2, 0.25) is 5.95 Å². The minimum Gasteiger partial charge on any atom is -0.350 e. The Morgan fingerprint density at radius 1 is 0.939 bits per heavy atom. The van der Waals surface area contributed by atoms with E-state index in [9.17, 15) is 4.79 Å². The highest BCUT2D eigenvalue weighted by Gasteiger charge is 2.20. The van der Waals surface area contributed by atoms with Gasteiger partial charge in [-0.1, -0.05) is 86.5 Å². The number of carbonyl (C=O) groups is 1. The molecular formula is C27H27ClN4O. The van der Waals surface area contributed by atoms with E-state index in [0.717, 1.165) is 16.7 Å². The maximum Gasteiger partial charge on any atom is 0.281 e. The van der Waals surface area contributed by atoms with Gasteiger partial charge in [-0.25, -0.2) is 0 Å². The highest BCUT2D eigenvalue weighted by atomic mass is 35.5. The number of hydrogen-bond donors (Lipinski definition) is 1.